The second-order valence-corrected chi connectivity index (χ2v) is 7.97. The van der Waals surface area contributed by atoms with Gasteiger partial charge in [-0.1, -0.05) is 48.5 Å². The number of aromatic nitrogens is 2. The fraction of sp³-hybridized carbons (Fsp3) is 0.0870. The van der Waals surface area contributed by atoms with E-state index in [0.717, 1.165) is 26.9 Å². The summed E-state index contributed by atoms with van der Waals surface area (Å²) in [6.45, 7) is 0. The molecule has 0 aliphatic carbocycles. The Morgan fingerprint density at radius 1 is 0.964 bits per heavy atom. The van der Waals surface area contributed by atoms with Crippen LogP contribution in [0, 0.1) is 0 Å². The zero-order valence-corrected chi connectivity index (χ0v) is 17.0. The number of thioether (sulfide) groups is 1. The summed E-state index contributed by atoms with van der Waals surface area (Å²) in [6.07, 6.45) is 3.94. The van der Waals surface area contributed by atoms with Crippen LogP contribution in [0.2, 0.25) is 0 Å². The average molecular weight is 403 g/mol. The van der Waals surface area contributed by atoms with Crippen molar-refractivity contribution >= 4 is 28.9 Å². The lowest BCUT2D eigenvalue weighted by atomic mass is 10.0. The summed E-state index contributed by atoms with van der Waals surface area (Å²) in [7, 11) is 0. The Balaban J connectivity index is 1.56. The van der Waals surface area contributed by atoms with Gasteiger partial charge in [-0.2, -0.15) is 0 Å². The van der Waals surface area contributed by atoms with Crippen molar-refractivity contribution in [2.24, 2.45) is 0 Å². The highest BCUT2D eigenvalue weighted by atomic mass is 32.2. The van der Waals surface area contributed by atoms with E-state index in [4.69, 9.17) is 4.98 Å². The molecule has 0 radical (unpaired) electrons. The fourth-order valence-electron chi connectivity index (χ4n) is 3.01. The van der Waals surface area contributed by atoms with E-state index in [1.54, 1.807) is 12.3 Å². The van der Waals surface area contributed by atoms with E-state index in [1.807, 2.05) is 42.0 Å². The Hall–Kier alpha value is -2.76. The van der Waals surface area contributed by atoms with Crippen LogP contribution in [0.5, 0.6) is 0 Å². The maximum absolute atomic E-state index is 12.7. The number of benzene rings is 2. The second kappa shape index (κ2) is 8.50. The lowest BCUT2D eigenvalue weighted by Crippen LogP contribution is -2.05. The normalized spacial score (nSPS) is 10.8. The third-order valence-electron chi connectivity index (χ3n) is 4.39. The molecule has 2 aromatic heterocycles. The minimum Gasteiger partial charge on any atom is -0.294 e. The topological polar surface area (TPSA) is 42.9 Å². The Kier molecular flexibility index (Phi) is 5.65. The molecule has 0 saturated carbocycles. The van der Waals surface area contributed by atoms with Crippen LogP contribution < -0.4 is 0 Å². The Labute approximate surface area is 172 Å². The molecule has 28 heavy (non-hydrogen) atoms. The van der Waals surface area contributed by atoms with E-state index in [2.05, 4.69) is 35.3 Å². The smallest absolute Gasteiger partial charge is 0.172 e. The van der Waals surface area contributed by atoms with Crippen molar-refractivity contribution in [2.45, 2.75) is 11.4 Å². The van der Waals surface area contributed by atoms with Gasteiger partial charge in [-0.05, 0) is 35.6 Å². The lowest BCUT2D eigenvalue weighted by Gasteiger charge is -2.04. The molecule has 0 N–H and O–H groups in total. The predicted octanol–water partition coefficient (Wildman–Crippen LogP) is 6.02. The zero-order valence-electron chi connectivity index (χ0n) is 15.3. The van der Waals surface area contributed by atoms with Gasteiger partial charge in [-0.15, -0.1) is 23.1 Å². The van der Waals surface area contributed by atoms with Crippen LogP contribution in [0.25, 0.3) is 22.4 Å². The van der Waals surface area contributed by atoms with Crippen LogP contribution in [0.1, 0.15) is 15.4 Å². The molecule has 4 aromatic rings. The average Bonchev–Trinajstić information content (AvgIpc) is 3.23. The second-order valence-electron chi connectivity index (χ2n) is 6.23. The highest BCUT2D eigenvalue weighted by Crippen LogP contribution is 2.28. The molecule has 0 saturated heterocycles. The molecule has 0 atom stereocenters. The van der Waals surface area contributed by atoms with E-state index in [-0.39, 0.29) is 5.78 Å². The zero-order chi connectivity index (χ0) is 19.3. The van der Waals surface area contributed by atoms with E-state index < -0.39 is 0 Å². The highest BCUT2D eigenvalue weighted by molar-refractivity contribution is 7.98. The van der Waals surface area contributed by atoms with Crippen LogP contribution in [-0.2, 0) is 6.42 Å². The maximum Gasteiger partial charge on any atom is 0.172 e. The number of nitrogens with zero attached hydrogens (tertiary/aromatic N) is 2. The number of hydrogen-bond donors (Lipinski definition) is 0. The number of carbonyl (C=O) groups excluding carboxylic acids is 1. The minimum atomic E-state index is 0.0522. The van der Waals surface area contributed by atoms with Crippen LogP contribution in [0.15, 0.2) is 83.3 Å². The van der Waals surface area contributed by atoms with Crippen LogP contribution in [-0.4, -0.2) is 22.0 Å². The van der Waals surface area contributed by atoms with E-state index in [0.29, 0.717) is 12.0 Å². The molecule has 0 amide bonds. The highest BCUT2D eigenvalue weighted by Gasteiger charge is 2.15. The first-order valence-electron chi connectivity index (χ1n) is 8.87. The molecule has 0 fully saturated rings. The summed E-state index contributed by atoms with van der Waals surface area (Å²) in [5, 5.41) is 3.60. The van der Waals surface area contributed by atoms with Gasteiger partial charge in [-0.25, -0.2) is 9.97 Å². The van der Waals surface area contributed by atoms with Crippen LogP contribution in [0.4, 0.5) is 0 Å². The number of rotatable bonds is 6. The van der Waals surface area contributed by atoms with Gasteiger partial charge < -0.3 is 0 Å². The van der Waals surface area contributed by atoms with Gasteiger partial charge in [0.2, 0.25) is 0 Å². The van der Waals surface area contributed by atoms with Crippen molar-refractivity contribution in [1.82, 2.24) is 9.97 Å². The molecule has 2 heterocycles. The number of carbonyl (C=O) groups is 1. The molecule has 0 aliphatic rings. The van der Waals surface area contributed by atoms with E-state index in [9.17, 15) is 4.79 Å². The Bertz CT molecular complexity index is 1110. The van der Waals surface area contributed by atoms with Gasteiger partial charge in [0.25, 0.3) is 0 Å². The van der Waals surface area contributed by atoms with Gasteiger partial charge in [0, 0.05) is 17.1 Å². The summed E-state index contributed by atoms with van der Waals surface area (Å²) in [5.74, 6) is 0.0522. The Morgan fingerprint density at radius 3 is 2.57 bits per heavy atom. The van der Waals surface area contributed by atoms with Crippen molar-refractivity contribution in [3.8, 4) is 22.4 Å². The molecule has 0 bridgehead atoms. The van der Waals surface area contributed by atoms with Crippen molar-refractivity contribution in [1.29, 1.82) is 0 Å². The van der Waals surface area contributed by atoms with E-state index >= 15 is 0 Å². The van der Waals surface area contributed by atoms with Gasteiger partial charge in [-0.3, -0.25) is 4.79 Å². The van der Waals surface area contributed by atoms with Crippen molar-refractivity contribution in [3.63, 3.8) is 0 Å². The number of thiazole rings is 1. The molecule has 0 aliphatic heterocycles. The number of hydrogen-bond acceptors (Lipinski definition) is 5. The molecular formula is C23H18N2OS2. The standard InChI is InChI=1S/C23H18N2OS2/c1-27-23-19(11-6-12-24-23)21(26)14-22-25-20(15-28-22)18-10-5-9-17(13-18)16-7-3-2-4-8-16/h2-13,15H,14H2,1H3. The minimum absolute atomic E-state index is 0.0522. The van der Waals surface area contributed by atoms with Gasteiger partial charge >= 0.3 is 0 Å². The first kappa shape index (κ1) is 18.6. The molecular weight excluding hydrogens is 384 g/mol. The number of pyridine rings is 1. The summed E-state index contributed by atoms with van der Waals surface area (Å²) >= 11 is 3.01. The van der Waals surface area contributed by atoms with Gasteiger partial charge in [0.1, 0.15) is 10.0 Å². The van der Waals surface area contributed by atoms with Gasteiger partial charge in [0.15, 0.2) is 5.78 Å². The molecule has 4 rings (SSSR count). The summed E-state index contributed by atoms with van der Waals surface area (Å²) in [5.41, 5.74) is 4.96. The first-order valence-corrected chi connectivity index (χ1v) is 11.0. The van der Waals surface area contributed by atoms with Crippen molar-refractivity contribution in [2.75, 3.05) is 6.26 Å². The van der Waals surface area contributed by atoms with E-state index in [1.165, 1.54) is 28.7 Å². The molecule has 0 unspecified atom stereocenters. The number of ketones is 1. The monoisotopic (exact) mass is 402 g/mol. The SMILES string of the molecule is CSc1ncccc1C(=O)Cc1nc(-c2cccc(-c3ccccc3)c2)cs1. The molecule has 2 aromatic carbocycles. The quantitative estimate of drug-likeness (QED) is 0.292. The molecule has 3 nitrogen and oxygen atoms in total. The summed E-state index contributed by atoms with van der Waals surface area (Å²) < 4.78 is 0. The van der Waals surface area contributed by atoms with Crippen LogP contribution >= 0.6 is 23.1 Å². The fourth-order valence-corrected chi connectivity index (χ4v) is 4.38. The summed E-state index contributed by atoms with van der Waals surface area (Å²) in [6, 6.07) is 22.3. The largest absolute Gasteiger partial charge is 0.294 e. The predicted molar refractivity (Wildman–Crippen MR) is 117 cm³/mol. The number of Topliss-reactive ketones (excluding diaryl/α,β-unsaturated/α-hetero) is 1. The maximum atomic E-state index is 12.7. The third kappa shape index (κ3) is 4.06. The molecule has 0 spiro atoms. The molecule has 5 heteroatoms. The third-order valence-corrected chi connectivity index (χ3v) is 5.95. The van der Waals surface area contributed by atoms with Crippen molar-refractivity contribution in [3.05, 3.63) is 88.9 Å². The Morgan fingerprint density at radius 2 is 1.75 bits per heavy atom. The van der Waals surface area contributed by atoms with Crippen molar-refractivity contribution < 1.29 is 4.79 Å². The lowest BCUT2D eigenvalue weighted by molar-refractivity contribution is 0.0989. The molecule has 138 valence electrons. The van der Waals surface area contributed by atoms with Crippen LogP contribution in [0.3, 0.4) is 0 Å². The first-order chi connectivity index (χ1) is 13.7. The summed E-state index contributed by atoms with van der Waals surface area (Å²) in [4.78, 5) is 21.7. The van der Waals surface area contributed by atoms with Gasteiger partial charge in [0.05, 0.1) is 17.7 Å².